The smallest absolute Gasteiger partial charge is 0.337 e. The summed E-state index contributed by atoms with van der Waals surface area (Å²) in [6.45, 7) is 17.1. The van der Waals surface area contributed by atoms with E-state index in [-0.39, 0.29) is 11.2 Å². The Kier molecular flexibility index (Phi) is 8.13. The summed E-state index contributed by atoms with van der Waals surface area (Å²) in [7, 11) is 0. The minimum absolute atomic E-state index is 0.214. The summed E-state index contributed by atoms with van der Waals surface area (Å²) in [5.74, 6) is -0.745. The average molecular weight is 666 g/mol. The number of carboxylic acid groups (broad SMARTS) is 1. The molecule has 2 aliphatic heterocycles. The molecule has 5 heterocycles. The molecule has 3 aromatic heterocycles. The lowest BCUT2D eigenvalue weighted by molar-refractivity contribution is -0.160. The summed E-state index contributed by atoms with van der Waals surface area (Å²) in [6, 6.07) is 11.3. The molecule has 0 aliphatic carbocycles. The van der Waals surface area contributed by atoms with Crippen LogP contribution in [0.4, 0.5) is 15.9 Å². The molecule has 5 aromatic rings. The van der Waals surface area contributed by atoms with Crippen LogP contribution >= 0.6 is 0 Å². The van der Waals surface area contributed by atoms with E-state index in [9.17, 15) is 14.3 Å². The predicted molar refractivity (Wildman–Crippen MR) is 190 cm³/mol. The van der Waals surface area contributed by atoms with E-state index < -0.39 is 17.7 Å². The van der Waals surface area contributed by atoms with Crippen molar-refractivity contribution in [3.63, 3.8) is 0 Å². The Hall–Kier alpha value is -4.57. The SMILES string of the molecule is Cc1nc(C)c([C@H](OC(C)(C)C)C(=O)O)c(N2CCC(C)(C)CC2)c1-c1ccc2c(c1)CCN(c1ncnc3c1oc1cccc(F)c13)C2. The third kappa shape index (κ3) is 6.11. The number of pyridine rings is 1. The molecule has 0 saturated carbocycles. The second kappa shape index (κ2) is 12.1. The number of aromatic nitrogens is 3. The first-order valence-electron chi connectivity index (χ1n) is 17.1. The van der Waals surface area contributed by atoms with Gasteiger partial charge in [-0.2, -0.15) is 0 Å². The standard InChI is InChI=1S/C39H44FN5O4/c1-22-29(33(44-17-14-39(6,7)15-18-44)30(23(2)43-22)34(37(46)47)49-38(3,4)5)25-11-12-26-20-45(16-13-24(26)19-25)36-35-32(41-21-42-36)31-27(40)9-8-10-28(31)48-35/h8-12,19,21,34H,13-18,20H2,1-7H3,(H,46,47)/t34-/m0/s1. The lowest BCUT2D eigenvalue weighted by Crippen LogP contribution is -2.39. The molecule has 0 bridgehead atoms. The number of anilines is 2. The van der Waals surface area contributed by atoms with Crippen LogP contribution in [0.5, 0.6) is 0 Å². The van der Waals surface area contributed by atoms with Crippen LogP contribution in [0.2, 0.25) is 0 Å². The first-order chi connectivity index (χ1) is 23.2. The van der Waals surface area contributed by atoms with Crippen LogP contribution in [-0.4, -0.2) is 51.3 Å². The van der Waals surface area contributed by atoms with Crippen LogP contribution in [0.15, 0.2) is 47.1 Å². The van der Waals surface area contributed by atoms with Gasteiger partial charge >= 0.3 is 5.97 Å². The zero-order valence-corrected chi connectivity index (χ0v) is 29.4. The van der Waals surface area contributed by atoms with E-state index in [2.05, 4.69) is 51.8 Å². The fourth-order valence-electron chi connectivity index (χ4n) is 7.44. The lowest BCUT2D eigenvalue weighted by atomic mass is 9.81. The van der Waals surface area contributed by atoms with Crippen molar-refractivity contribution in [1.29, 1.82) is 0 Å². The van der Waals surface area contributed by atoms with Gasteiger partial charge in [0.05, 0.1) is 16.7 Å². The first kappa shape index (κ1) is 33.0. The summed E-state index contributed by atoms with van der Waals surface area (Å²) in [5, 5.41) is 10.9. The van der Waals surface area contributed by atoms with E-state index in [0.717, 1.165) is 60.4 Å². The van der Waals surface area contributed by atoms with Crippen molar-refractivity contribution in [3.8, 4) is 11.1 Å². The average Bonchev–Trinajstić information content (AvgIpc) is 3.43. The van der Waals surface area contributed by atoms with Crippen molar-refractivity contribution in [3.05, 3.63) is 76.6 Å². The molecule has 2 aliphatic rings. The van der Waals surface area contributed by atoms with E-state index in [0.29, 0.717) is 52.2 Å². The number of benzene rings is 2. The fraction of sp³-hybridized carbons (Fsp3) is 0.436. The number of piperidine rings is 1. The molecule has 1 atom stereocenters. The zero-order valence-electron chi connectivity index (χ0n) is 29.4. The summed E-state index contributed by atoms with van der Waals surface area (Å²) in [5.41, 5.74) is 8.35. The zero-order chi connectivity index (χ0) is 34.8. The minimum atomic E-state index is -1.17. The molecule has 0 amide bonds. The second-order valence-corrected chi connectivity index (χ2v) is 15.3. The highest BCUT2D eigenvalue weighted by Crippen LogP contribution is 2.45. The Morgan fingerprint density at radius 3 is 2.49 bits per heavy atom. The lowest BCUT2D eigenvalue weighted by Gasteiger charge is -2.41. The normalized spacial score (nSPS) is 17.1. The molecular formula is C39H44FN5O4. The van der Waals surface area contributed by atoms with Gasteiger partial charge in [-0.05, 0) is 88.1 Å². The van der Waals surface area contributed by atoms with Crippen LogP contribution < -0.4 is 9.80 Å². The van der Waals surface area contributed by atoms with Gasteiger partial charge in [0.1, 0.15) is 23.2 Å². The van der Waals surface area contributed by atoms with Gasteiger partial charge in [0.2, 0.25) is 0 Å². The number of halogens is 1. The number of rotatable bonds is 6. The highest BCUT2D eigenvalue weighted by atomic mass is 19.1. The van der Waals surface area contributed by atoms with Crippen LogP contribution in [-0.2, 0) is 22.5 Å². The van der Waals surface area contributed by atoms with Gasteiger partial charge in [-0.1, -0.05) is 38.1 Å². The number of hydrogen-bond donors (Lipinski definition) is 1. The number of fused-ring (bicyclic) bond motifs is 4. The molecule has 0 radical (unpaired) electrons. The van der Waals surface area contributed by atoms with E-state index >= 15 is 0 Å². The molecule has 1 N–H and O–H groups in total. The highest BCUT2D eigenvalue weighted by molar-refractivity contribution is 6.06. The van der Waals surface area contributed by atoms with Gasteiger partial charge in [0, 0.05) is 48.7 Å². The van der Waals surface area contributed by atoms with Crippen LogP contribution in [0.3, 0.4) is 0 Å². The topological polar surface area (TPSA) is 105 Å². The number of nitrogens with zero attached hydrogens (tertiary/aromatic N) is 5. The Balaban J connectivity index is 1.30. The third-order valence-electron chi connectivity index (χ3n) is 9.99. The maximum Gasteiger partial charge on any atom is 0.337 e. The van der Waals surface area contributed by atoms with Crippen LogP contribution in [0.1, 0.15) is 81.6 Å². The maximum atomic E-state index is 14.7. The number of carbonyl (C=O) groups is 1. The molecule has 0 spiro atoms. The van der Waals surface area contributed by atoms with Crippen molar-refractivity contribution in [2.75, 3.05) is 29.4 Å². The molecule has 1 fully saturated rings. The van der Waals surface area contributed by atoms with Gasteiger partial charge in [0.15, 0.2) is 17.5 Å². The molecule has 2 aromatic carbocycles. The minimum Gasteiger partial charge on any atom is -0.479 e. The van der Waals surface area contributed by atoms with E-state index in [4.69, 9.17) is 14.1 Å². The van der Waals surface area contributed by atoms with Gasteiger partial charge < -0.3 is 24.1 Å². The molecule has 1 saturated heterocycles. The maximum absolute atomic E-state index is 14.7. The number of aryl methyl sites for hydroxylation is 2. The largest absolute Gasteiger partial charge is 0.479 e. The summed E-state index contributed by atoms with van der Waals surface area (Å²) in [6.07, 6.45) is 3.06. The molecule has 10 heteroatoms. The number of carboxylic acids is 1. The molecule has 0 unspecified atom stereocenters. The number of furan rings is 1. The summed E-state index contributed by atoms with van der Waals surface area (Å²) < 4.78 is 27.1. The molecule has 9 nitrogen and oxygen atoms in total. The molecule has 256 valence electrons. The number of hydrogen-bond acceptors (Lipinski definition) is 8. The number of ether oxygens (including phenoxy) is 1. The number of aliphatic carboxylic acids is 1. The van der Waals surface area contributed by atoms with Gasteiger partial charge in [-0.3, -0.25) is 4.98 Å². The van der Waals surface area contributed by atoms with E-state index in [1.54, 1.807) is 12.1 Å². The van der Waals surface area contributed by atoms with Crippen molar-refractivity contribution in [2.45, 2.75) is 86.0 Å². The Morgan fingerprint density at radius 1 is 1.02 bits per heavy atom. The monoisotopic (exact) mass is 665 g/mol. The van der Waals surface area contributed by atoms with Crippen molar-refractivity contribution >= 4 is 39.5 Å². The van der Waals surface area contributed by atoms with E-state index in [1.807, 2.05) is 34.6 Å². The molecular weight excluding hydrogens is 621 g/mol. The van der Waals surface area contributed by atoms with Gasteiger partial charge in [0.25, 0.3) is 0 Å². The molecule has 7 rings (SSSR count). The Labute approximate surface area is 286 Å². The van der Waals surface area contributed by atoms with Crippen molar-refractivity contribution in [1.82, 2.24) is 15.0 Å². The van der Waals surface area contributed by atoms with Gasteiger partial charge in [-0.25, -0.2) is 19.2 Å². The van der Waals surface area contributed by atoms with Crippen molar-refractivity contribution < 1.29 is 23.4 Å². The Bertz CT molecular complexity index is 2090. The summed E-state index contributed by atoms with van der Waals surface area (Å²) >= 11 is 0. The quantitative estimate of drug-likeness (QED) is 0.192. The fourth-order valence-corrected chi connectivity index (χ4v) is 7.44. The summed E-state index contributed by atoms with van der Waals surface area (Å²) in [4.78, 5) is 31.3. The third-order valence-corrected chi connectivity index (χ3v) is 9.99. The molecule has 49 heavy (non-hydrogen) atoms. The van der Waals surface area contributed by atoms with E-state index in [1.165, 1.54) is 18.0 Å². The first-order valence-corrected chi connectivity index (χ1v) is 17.1. The van der Waals surface area contributed by atoms with Crippen molar-refractivity contribution in [2.24, 2.45) is 5.41 Å². The van der Waals surface area contributed by atoms with Crippen LogP contribution in [0, 0.1) is 25.1 Å². The Morgan fingerprint density at radius 2 is 1.78 bits per heavy atom. The highest BCUT2D eigenvalue weighted by Gasteiger charge is 2.37. The predicted octanol–water partition coefficient (Wildman–Crippen LogP) is 8.32. The second-order valence-electron chi connectivity index (χ2n) is 15.3. The van der Waals surface area contributed by atoms with Gasteiger partial charge in [-0.15, -0.1) is 0 Å². The van der Waals surface area contributed by atoms with Crippen LogP contribution in [0.25, 0.3) is 33.2 Å².